The number of carbonyl (C=O) groups is 1. The summed E-state index contributed by atoms with van der Waals surface area (Å²) in [4.78, 5) is 11.0. The van der Waals surface area contributed by atoms with E-state index in [0.29, 0.717) is 0 Å². The van der Waals surface area contributed by atoms with Gasteiger partial charge in [0.2, 0.25) is 0 Å². The fourth-order valence-corrected chi connectivity index (χ4v) is 1.90. The van der Waals surface area contributed by atoms with Gasteiger partial charge in [-0.3, -0.25) is 4.79 Å². The molecular weight excluding hydrogens is 178 g/mol. The molecule has 1 aliphatic heterocycles. The quantitative estimate of drug-likeness (QED) is 0.704. The summed E-state index contributed by atoms with van der Waals surface area (Å²) < 4.78 is 0. The van der Waals surface area contributed by atoms with Crippen LogP contribution in [0.5, 0.6) is 0 Å². The molecule has 0 spiro atoms. The minimum absolute atomic E-state index is 0.534. The highest BCUT2D eigenvalue weighted by Gasteiger charge is 2.23. The van der Waals surface area contributed by atoms with Gasteiger partial charge in [-0.25, -0.2) is 0 Å². The van der Waals surface area contributed by atoms with Gasteiger partial charge in [-0.05, 0) is 30.5 Å². The van der Waals surface area contributed by atoms with Crippen LogP contribution in [0.25, 0.3) is 0 Å². The molecule has 74 valence electrons. The van der Waals surface area contributed by atoms with Crippen LogP contribution in [0.2, 0.25) is 0 Å². The number of hydrogen-bond acceptors (Lipinski definition) is 2. The highest BCUT2D eigenvalue weighted by atomic mass is 16.4. The lowest BCUT2D eigenvalue weighted by Gasteiger charge is -2.13. The van der Waals surface area contributed by atoms with Crippen molar-refractivity contribution >= 4 is 5.97 Å². The average molecular weight is 191 g/mol. The van der Waals surface area contributed by atoms with Crippen LogP contribution in [0.15, 0.2) is 24.3 Å². The smallest absolute Gasteiger partial charge is 0.325 e. The van der Waals surface area contributed by atoms with Crippen molar-refractivity contribution in [3.63, 3.8) is 0 Å². The zero-order valence-corrected chi connectivity index (χ0v) is 7.86. The number of aryl methyl sites for hydroxylation is 1. The Morgan fingerprint density at radius 3 is 3.00 bits per heavy atom. The monoisotopic (exact) mass is 191 g/mol. The molecule has 1 aromatic rings. The summed E-state index contributed by atoms with van der Waals surface area (Å²) >= 11 is 0. The minimum atomic E-state index is -0.792. The molecule has 0 saturated carbocycles. The van der Waals surface area contributed by atoms with Gasteiger partial charge in [0.1, 0.15) is 6.04 Å². The normalized spacial score (nSPS) is 21.0. The van der Waals surface area contributed by atoms with Crippen molar-refractivity contribution in [2.45, 2.75) is 18.9 Å². The number of carboxylic acid groups (broad SMARTS) is 1. The lowest BCUT2D eigenvalue weighted by molar-refractivity contribution is -0.139. The van der Waals surface area contributed by atoms with Crippen molar-refractivity contribution in [3.8, 4) is 0 Å². The van der Waals surface area contributed by atoms with Crippen molar-refractivity contribution in [2.24, 2.45) is 0 Å². The number of hydrogen-bond donors (Lipinski definition) is 2. The van der Waals surface area contributed by atoms with Gasteiger partial charge in [-0.15, -0.1) is 0 Å². The van der Waals surface area contributed by atoms with Crippen LogP contribution in [0.4, 0.5) is 0 Å². The third-order valence-electron chi connectivity index (χ3n) is 2.58. The van der Waals surface area contributed by atoms with Crippen LogP contribution in [-0.2, 0) is 11.2 Å². The maximum Gasteiger partial charge on any atom is 0.325 e. The van der Waals surface area contributed by atoms with Crippen molar-refractivity contribution in [1.29, 1.82) is 0 Å². The van der Waals surface area contributed by atoms with E-state index in [1.54, 1.807) is 0 Å². The Bertz CT molecular complexity index is 349. The summed E-state index contributed by atoms with van der Waals surface area (Å²) in [5, 5.41) is 12.1. The Kier molecular flexibility index (Phi) is 2.50. The van der Waals surface area contributed by atoms with Gasteiger partial charge in [0.05, 0.1) is 0 Å². The third kappa shape index (κ3) is 1.63. The highest BCUT2D eigenvalue weighted by molar-refractivity contribution is 5.76. The highest BCUT2D eigenvalue weighted by Crippen LogP contribution is 2.22. The van der Waals surface area contributed by atoms with Crippen molar-refractivity contribution in [2.75, 3.05) is 6.54 Å². The molecule has 1 aliphatic rings. The summed E-state index contributed by atoms with van der Waals surface area (Å²) in [7, 11) is 0. The van der Waals surface area contributed by atoms with E-state index >= 15 is 0 Å². The number of benzene rings is 1. The van der Waals surface area contributed by atoms with E-state index in [9.17, 15) is 4.79 Å². The molecule has 3 heteroatoms. The second kappa shape index (κ2) is 3.80. The maximum atomic E-state index is 11.0. The largest absolute Gasteiger partial charge is 0.480 e. The Morgan fingerprint density at radius 1 is 1.43 bits per heavy atom. The van der Waals surface area contributed by atoms with Gasteiger partial charge in [0, 0.05) is 0 Å². The van der Waals surface area contributed by atoms with Gasteiger partial charge in [0.15, 0.2) is 0 Å². The first-order valence-corrected chi connectivity index (χ1v) is 4.83. The Morgan fingerprint density at radius 2 is 2.21 bits per heavy atom. The van der Waals surface area contributed by atoms with Crippen LogP contribution in [0.3, 0.4) is 0 Å². The number of aliphatic carboxylic acids is 1. The van der Waals surface area contributed by atoms with Gasteiger partial charge in [-0.2, -0.15) is 0 Å². The van der Waals surface area contributed by atoms with E-state index in [1.165, 1.54) is 0 Å². The molecule has 2 N–H and O–H groups in total. The van der Waals surface area contributed by atoms with Crippen LogP contribution in [0.1, 0.15) is 23.6 Å². The van der Waals surface area contributed by atoms with Crippen LogP contribution < -0.4 is 5.32 Å². The molecule has 0 saturated heterocycles. The Labute approximate surface area is 82.8 Å². The lowest BCUT2D eigenvalue weighted by atomic mass is 9.99. The van der Waals surface area contributed by atoms with E-state index < -0.39 is 12.0 Å². The molecule has 0 aromatic heterocycles. The van der Waals surface area contributed by atoms with Gasteiger partial charge in [-0.1, -0.05) is 24.3 Å². The molecule has 1 atom stereocenters. The van der Waals surface area contributed by atoms with E-state index in [0.717, 1.165) is 30.5 Å². The number of rotatable bonds is 1. The summed E-state index contributed by atoms with van der Waals surface area (Å²) in [6.45, 7) is 0.769. The summed E-state index contributed by atoms with van der Waals surface area (Å²) in [6, 6.07) is 7.23. The summed E-state index contributed by atoms with van der Waals surface area (Å²) in [5.41, 5.74) is 2.07. The van der Waals surface area contributed by atoms with Crippen molar-refractivity contribution in [1.82, 2.24) is 5.32 Å². The maximum absolute atomic E-state index is 11.0. The molecular formula is C11H13NO2. The second-order valence-electron chi connectivity index (χ2n) is 3.53. The molecule has 0 bridgehead atoms. The first-order valence-electron chi connectivity index (χ1n) is 4.83. The molecule has 14 heavy (non-hydrogen) atoms. The predicted molar refractivity (Wildman–Crippen MR) is 53.1 cm³/mol. The molecule has 1 unspecified atom stereocenters. The molecule has 1 heterocycles. The van der Waals surface area contributed by atoms with Gasteiger partial charge in [0.25, 0.3) is 0 Å². The topological polar surface area (TPSA) is 49.3 Å². The lowest BCUT2D eigenvalue weighted by Crippen LogP contribution is -2.28. The third-order valence-corrected chi connectivity index (χ3v) is 2.58. The molecule has 1 aromatic carbocycles. The molecule has 0 amide bonds. The van der Waals surface area contributed by atoms with Gasteiger partial charge >= 0.3 is 5.97 Å². The minimum Gasteiger partial charge on any atom is -0.480 e. The van der Waals surface area contributed by atoms with E-state index in [2.05, 4.69) is 5.32 Å². The van der Waals surface area contributed by atoms with Gasteiger partial charge < -0.3 is 10.4 Å². The molecule has 0 fully saturated rings. The second-order valence-corrected chi connectivity index (χ2v) is 3.53. The van der Waals surface area contributed by atoms with Crippen molar-refractivity contribution in [3.05, 3.63) is 35.4 Å². The van der Waals surface area contributed by atoms with Crippen molar-refractivity contribution < 1.29 is 9.90 Å². The zero-order chi connectivity index (χ0) is 9.97. The number of fused-ring (bicyclic) bond motifs is 1. The number of carboxylic acids is 1. The standard InChI is InChI=1S/C11H13NO2/c13-11(14)10-9-6-2-1-4-8(9)5-3-7-12-10/h1-2,4,6,10,12H,3,5,7H2,(H,13,14). The van der Waals surface area contributed by atoms with Crippen LogP contribution >= 0.6 is 0 Å². The van der Waals surface area contributed by atoms with E-state index in [1.807, 2.05) is 24.3 Å². The molecule has 2 rings (SSSR count). The molecule has 0 aliphatic carbocycles. The first-order chi connectivity index (χ1) is 6.79. The first kappa shape index (κ1) is 9.21. The number of nitrogens with one attached hydrogen (secondary N) is 1. The fourth-order valence-electron chi connectivity index (χ4n) is 1.90. The summed E-state index contributed by atoms with van der Waals surface area (Å²) in [6.07, 6.45) is 1.97. The SMILES string of the molecule is O=C(O)C1NCCCc2ccccc21. The fraction of sp³-hybridized carbons (Fsp3) is 0.364. The zero-order valence-electron chi connectivity index (χ0n) is 7.86. The Balaban J connectivity index is 2.42. The van der Waals surface area contributed by atoms with Crippen LogP contribution in [0, 0.1) is 0 Å². The molecule has 3 nitrogen and oxygen atoms in total. The van der Waals surface area contributed by atoms with E-state index in [4.69, 9.17) is 5.11 Å². The Hall–Kier alpha value is -1.35. The summed E-state index contributed by atoms with van der Waals surface area (Å²) in [5.74, 6) is -0.792. The van der Waals surface area contributed by atoms with Crippen LogP contribution in [-0.4, -0.2) is 17.6 Å². The predicted octanol–water partition coefficient (Wildman–Crippen LogP) is 1.35. The van der Waals surface area contributed by atoms with E-state index in [-0.39, 0.29) is 0 Å². The average Bonchev–Trinajstić information content (AvgIpc) is 2.39. The molecule has 0 radical (unpaired) electrons.